The number of alkyl halides is 1. The molecule has 0 amide bonds. The summed E-state index contributed by atoms with van der Waals surface area (Å²) < 4.78 is 0.587. The average molecular weight is 247 g/mol. The van der Waals surface area contributed by atoms with Crippen molar-refractivity contribution in [2.45, 2.75) is 12.4 Å². The summed E-state index contributed by atoms with van der Waals surface area (Å²) in [7, 11) is 0. The minimum absolute atomic E-state index is 0.188. The van der Waals surface area contributed by atoms with Crippen LogP contribution in [0, 0.1) is 0 Å². The van der Waals surface area contributed by atoms with Gasteiger partial charge >= 0.3 is 0 Å². The van der Waals surface area contributed by atoms with Crippen molar-refractivity contribution < 1.29 is 5.11 Å². The molecule has 0 heterocycles. The molecule has 8 heavy (non-hydrogen) atoms. The Hall–Kier alpha value is 0.520. The van der Waals surface area contributed by atoms with Crippen molar-refractivity contribution >= 4 is 34.2 Å². The van der Waals surface area contributed by atoms with E-state index in [0.29, 0.717) is 3.58 Å². The molecule has 0 aromatic rings. The molecular weight excluding hydrogens is 240 g/mol. The Morgan fingerprint density at radius 2 is 2.25 bits per heavy atom. The fourth-order valence-corrected chi connectivity index (χ4v) is 0.357. The molecule has 4 heteroatoms. The summed E-state index contributed by atoms with van der Waals surface area (Å²) in [5, 5.41) is 8.70. The van der Waals surface area contributed by atoms with E-state index in [1.807, 2.05) is 22.6 Å². The van der Waals surface area contributed by atoms with Gasteiger partial charge in [-0.15, -0.1) is 11.6 Å². The molecule has 0 aliphatic carbocycles. The van der Waals surface area contributed by atoms with Crippen LogP contribution in [0.1, 0.15) is 6.92 Å². The van der Waals surface area contributed by atoms with Crippen LogP contribution < -0.4 is 5.73 Å². The summed E-state index contributed by atoms with van der Waals surface area (Å²) in [6.07, 6.45) is 0. The van der Waals surface area contributed by atoms with Gasteiger partial charge in [0.05, 0.1) is 3.58 Å². The Morgan fingerprint density at radius 1 is 1.88 bits per heavy atom. The van der Waals surface area contributed by atoms with Crippen molar-refractivity contribution in [1.82, 2.24) is 0 Å². The summed E-state index contributed by atoms with van der Waals surface area (Å²) in [6.45, 7) is 1.55. The van der Waals surface area contributed by atoms with Crippen LogP contribution in [0.5, 0.6) is 0 Å². The monoisotopic (exact) mass is 247 g/mol. The number of hydrogen-bond acceptors (Lipinski definition) is 2. The molecule has 0 saturated heterocycles. The standard InChI is InChI=1S/C4H7ClINO/c1-2(8)3(6)4(5)7/h4,8H,7H2,1H3/b3-2+. The van der Waals surface area contributed by atoms with Crippen molar-refractivity contribution in [3.63, 3.8) is 0 Å². The van der Waals surface area contributed by atoms with Crippen molar-refractivity contribution in [1.29, 1.82) is 0 Å². The van der Waals surface area contributed by atoms with Gasteiger partial charge in [-0.1, -0.05) is 0 Å². The molecule has 0 aliphatic rings. The number of aliphatic hydroxyl groups excluding tert-OH is 1. The highest BCUT2D eigenvalue weighted by molar-refractivity contribution is 14.1. The molecule has 48 valence electrons. The zero-order valence-electron chi connectivity index (χ0n) is 4.36. The maximum atomic E-state index is 8.70. The molecule has 2 nitrogen and oxygen atoms in total. The zero-order valence-corrected chi connectivity index (χ0v) is 7.27. The molecule has 0 bridgehead atoms. The first-order chi connectivity index (χ1) is 3.55. The minimum atomic E-state index is -0.569. The number of rotatable bonds is 1. The average Bonchev–Trinajstić information content (AvgIpc) is 1.64. The number of hydrogen-bond donors (Lipinski definition) is 2. The van der Waals surface area contributed by atoms with Gasteiger partial charge in [0.15, 0.2) is 0 Å². The summed E-state index contributed by atoms with van der Waals surface area (Å²) >= 11 is 7.27. The van der Waals surface area contributed by atoms with Crippen LogP contribution >= 0.6 is 34.2 Å². The summed E-state index contributed by atoms with van der Waals surface area (Å²) in [6, 6.07) is 0. The van der Waals surface area contributed by atoms with Crippen LogP contribution in [-0.4, -0.2) is 10.6 Å². The number of nitrogens with two attached hydrogens (primary N) is 1. The summed E-state index contributed by atoms with van der Waals surface area (Å²) in [5.41, 5.74) is 4.61. The second kappa shape index (κ2) is 3.53. The molecule has 0 radical (unpaired) electrons. The minimum Gasteiger partial charge on any atom is -0.512 e. The van der Waals surface area contributed by atoms with Crippen LogP contribution in [0.3, 0.4) is 0 Å². The Labute approximate surface area is 66.8 Å². The lowest BCUT2D eigenvalue weighted by Gasteiger charge is -2.00. The van der Waals surface area contributed by atoms with Crippen molar-refractivity contribution in [2.75, 3.05) is 0 Å². The fourth-order valence-electron chi connectivity index (χ4n) is 0.200. The van der Waals surface area contributed by atoms with Gasteiger partial charge in [-0.3, -0.25) is 0 Å². The molecule has 0 aromatic carbocycles. The van der Waals surface area contributed by atoms with E-state index in [4.69, 9.17) is 22.4 Å². The van der Waals surface area contributed by atoms with Gasteiger partial charge in [0, 0.05) is 0 Å². The molecule has 0 fully saturated rings. The van der Waals surface area contributed by atoms with Gasteiger partial charge < -0.3 is 10.8 Å². The first kappa shape index (κ1) is 8.52. The summed E-state index contributed by atoms with van der Waals surface area (Å²) in [5.74, 6) is 0.188. The van der Waals surface area contributed by atoms with Gasteiger partial charge in [-0.2, -0.15) is 0 Å². The molecule has 0 spiro atoms. The third kappa shape index (κ3) is 2.74. The van der Waals surface area contributed by atoms with Gasteiger partial charge in [0.2, 0.25) is 0 Å². The fraction of sp³-hybridized carbons (Fsp3) is 0.500. The zero-order chi connectivity index (χ0) is 6.73. The normalized spacial score (nSPS) is 17.5. The van der Waals surface area contributed by atoms with Gasteiger partial charge in [-0.25, -0.2) is 0 Å². The highest BCUT2D eigenvalue weighted by atomic mass is 127. The lowest BCUT2D eigenvalue weighted by molar-refractivity contribution is 0.411. The SMILES string of the molecule is C/C(O)=C(\I)C(N)Cl. The number of allylic oxidation sites excluding steroid dienone is 1. The van der Waals surface area contributed by atoms with Crippen LogP contribution in [0.25, 0.3) is 0 Å². The van der Waals surface area contributed by atoms with E-state index in [2.05, 4.69) is 0 Å². The van der Waals surface area contributed by atoms with E-state index in [-0.39, 0.29) is 5.76 Å². The molecule has 0 aromatic heterocycles. The second-order valence-corrected chi connectivity index (χ2v) is 2.97. The molecule has 0 rings (SSSR count). The maximum absolute atomic E-state index is 8.70. The van der Waals surface area contributed by atoms with E-state index in [0.717, 1.165) is 0 Å². The number of halogens is 2. The second-order valence-electron chi connectivity index (χ2n) is 1.34. The maximum Gasteiger partial charge on any atom is 0.115 e. The molecular formula is C4H7ClINO. The Bertz CT molecular complexity index is 109. The van der Waals surface area contributed by atoms with Crippen LogP contribution in [-0.2, 0) is 0 Å². The van der Waals surface area contributed by atoms with E-state index >= 15 is 0 Å². The molecule has 1 atom stereocenters. The van der Waals surface area contributed by atoms with E-state index in [9.17, 15) is 0 Å². The highest BCUT2D eigenvalue weighted by Crippen LogP contribution is 2.15. The quantitative estimate of drug-likeness (QED) is 0.321. The van der Waals surface area contributed by atoms with Crippen LogP contribution in [0.2, 0.25) is 0 Å². The van der Waals surface area contributed by atoms with Gasteiger partial charge in [-0.05, 0) is 29.5 Å². The first-order valence-corrected chi connectivity index (χ1v) is 3.52. The Balaban J connectivity index is 4.00. The predicted octanol–water partition coefficient (Wildman–Crippen LogP) is 1.73. The van der Waals surface area contributed by atoms with Crippen molar-refractivity contribution in [2.24, 2.45) is 5.73 Å². The van der Waals surface area contributed by atoms with Gasteiger partial charge in [0.1, 0.15) is 11.3 Å². The molecule has 1 unspecified atom stereocenters. The van der Waals surface area contributed by atoms with E-state index in [1.54, 1.807) is 6.92 Å². The third-order valence-electron chi connectivity index (χ3n) is 0.588. The van der Waals surface area contributed by atoms with Crippen molar-refractivity contribution in [3.8, 4) is 0 Å². The Kier molecular flexibility index (Phi) is 3.76. The number of aliphatic hydroxyl groups is 1. The lowest BCUT2D eigenvalue weighted by atomic mass is 10.5. The van der Waals surface area contributed by atoms with Crippen LogP contribution in [0.4, 0.5) is 0 Å². The molecule has 3 N–H and O–H groups in total. The van der Waals surface area contributed by atoms with E-state index < -0.39 is 5.50 Å². The molecule has 0 saturated carbocycles. The third-order valence-corrected chi connectivity index (χ3v) is 2.63. The first-order valence-electron chi connectivity index (χ1n) is 2.00. The summed E-state index contributed by atoms with van der Waals surface area (Å²) in [4.78, 5) is 0. The largest absolute Gasteiger partial charge is 0.512 e. The smallest absolute Gasteiger partial charge is 0.115 e. The van der Waals surface area contributed by atoms with Gasteiger partial charge in [0.25, 0.3) is 0 Å². The molecule has 0 aliphatic heterocycles. The topological polar surface area (TPSA) is 46.2 Å². The highest BCUT2D eigenvalue weighted by Gasteiger charge is 2.03. The van der Waals surface area contributed by atoms with E-state index in [1.165, 1.54) is 0 Å². The Morgan fingerprint density at radius 3 is 2.25 bits per heavy atom. The predicted molar refractivity (Wildman–Crippen MR) is 43.2 cm³/mol. The van der Waals surface area contributed by atoms with Crippen LogP contribution in [0.15, 0.2) is 9.34 Å². The lowest BCUT2D eigenvalue weighted by Crippen LogP contribution is -2.12. The van der Waals surface area contributed by atoms with Crippen molar-refractivity contribution in [3.05, 3.63) is 9.34 Å².